The van der Waals surface area contributed by atoms with Gasteiger partial charge < -0.3 is 10.1 Å². The van der Waals surface area contributed by atoms with Gasteiger partial charge in [-0.25, -0.2) is 0 Å². The van der Waals surface area contributed by atoms with Crippen LogP contribution in [0.4, 0.5) is 0 Å². The zero-order valence-corrected chi connectivity index (χ0v) is 10.3. The molecule has 2 rings (SSSR count). The summed E-state index contributed by atoms with van der Waals surface area (Å²) in [6, 6.07) is 1.89. The molecule has 5 nitrogen and oxygen atoms in total. The predicted octanol–water partition coefficient (Wildman–Crippen LogP) is 0.744. The Morgan fingerprint density at radius 3 is 2.88 bits per heavy atom. The third kappa shape index (κ3) is 2.79. The van der Waals surface area contributed by atoms with E-state index < -0.39 is 0 Å². The number of ether oxygens (including phenoxy) is 1. The largest absolute Gasteiger partial charge is 0.381 e. The summed E-state index contributed by atoms with van der Waals surface area (Å²) in [7, 11) is 0. The maximum absolute atomic E-state index is 11.3. The summed E-state index contributed by atoms with van der Waals surface area (Å²) in [6.45, 7) is 1.93. The summed E-state index contributed by atoms with van der Waals surface area (Å²) >= 11 is 5.48. The van der Waals surface area contributed by atoms with Crippen LogP contribution in [0, 0.1) is 0 Å². The molecule has 1 fully saturated rings. The number of nitrogens with one attached hydrogen (secondary N) is 1. The van der Waals surface area contributed by atoms with Gasteiger partial charge >= 0.3 is 0 Å². The molecule has 0 aliphatic carbocycles. The summed E-state index contributed by atoms with van der Waals surface area (Å²) in [5, 5.41) is 7.14. The Labute approximate surface area is 105 Å². The molecule has 0 radical (unpaired) electrons. The molecule has 0 aromatic carbocycles. The molecule has 1 saturated heterocycles. The number of carbonyl (C=O) groups excluding carboxylic acids is 1. The topological polar surface area (TPSA) is 56.2 Å². The summed E-state index contributed by atoms with van der Waals surface area (Å²) in [6.07, 6.45) is 5.37. The third-order valence-electron chi connectivity index (χ3n) is 3.15. The number of aromatic nitrogens is 2. The molecule has 1 aliphatic rings. The molecular weight excluding hydrogens is 242 g/mol. The molecule has 0 atom stereocenters. The Morgan fingerprint density at radius 1 is 1.53 bits per heavy atom. The standard InChI is InChI=1S/C11H16ClN3O2/c12-8-10(16)13-9-11(2-6-17-7-3-11)15-5-1-4-14-15/h1,4-5H,2-3,6-9H2,(H,13,16). The zero-order valence-electron chi connectivity index (χ0n) is 9.56. The van der Waals surface area contributed by atoms with Gasteiger partial charge in [-0.3, -0.25) is 9.48 Å². The molecule has 0 saturated carbocycles. The van der Waals surface area contributed by atoms with Crippen LogP contribution in [0.15, 0.2) is 18.5 Å². The van der Waals surface area contributed by atoms with Gasteiger partial charge in [0.15, 0.2) is 0 Å². The SMILES string of the molecule is O=C(CCl)NCC1(n2cccn2)CCOCC1. The molecule has 1 aromatic heterocycles. The fraction of sp³-hybridized carbons (Fsp3) is 0.636. The lowest BCUT2D eigenvalue weighted by Crippen LogP contribution is -2.49. The van der Waals surface area contributed by atoms with Crippen molar-refractivity contribution in [1.29, 1.82) is 0 Å². The van der Waals surface area contributed by atoms with Gasteiger partial charge in [-0.05, 0) is 18.9 Å². The second-order valence-electron chi connectivity index (χ2n) is 4.20. The number of hydrogen-bond donors (Lipinski definition) is 1. The maximum atomic E-state index is 11.3. The molecule has 94 valence electrons. The average Bonchev–Trinajstić information content (AvgIpc) is 2.91. The Hall–Kier alpha value is -1.07. The molecule has 6 heteroatoms. The molecular formula is C11H16ClN3O2. The Balaban J connectivity index is 2.10. The Morgan fingerprint density at radius 2 is 2.29 bits per heavy atom. The molecule has 1 amide bonds. The maximum Gasteiger partial charge on any atom is 0.235 e. The second-order valence-corrected chi connectivity index (χ2v) is 4.46. The molecule has 2 heterocycles. The van der Waals surface area contributed by atoms with Crippen LogP contribution >= 0.6 is 11.6 Å². The van der Waals surface area contributed by atoms with Gasteiger partial charge in [0.2, 0.25) is 5.91 Å². The first kappa shape index (κ1) is 12.4. The highest BCUT2D eigenvalue weighted by molar-refractivity contribution is 6.27. The normalized spacial score (nSPS) is 18.9. The van der Waals surface area contributed by atoms with Crippen LogP contribution in [-0.2, 0) is 15.1 Å². The highest BCUT2D eigenvalue weighted by atomic mass is 35.5. The molecule has 0 unspecified atom stereocenters. The number of carbonyl (C=O) groups is 1. The van der Waals surface area contributed by atoms with E-state index in [0.717, 1.165) is 12.8 Å². The van der Waals surface area contributed by atoms with Gasteiger partial charge in [0, 0.05) is 32.2 Å². The van der Waals surface area contributed by atoms with Crippen molar-refractivity contribution in [2.24, 2.45) is 0 Å². The van der Waals surface area contributed by atoms with E-state index in [1.807, 2.05) is 16.9 Å². The van der Waals surface area contributed by atoms with Crippen LogP contribution in [0.5, 0.6) is 0 Å². The van der Waals surface area contributed by atoms with Crippen LogP contribution in [0.25, 0.3) is 0 Å². The molecule has 17 heavy (non-hydrogen) atoms. The van der Waals surface area contributed by atoms with Crippen molar-refractivity contribution in [1.82, 2.24) is 15.1 Å². The van der Waals surface area contributed by atoms with Crippen molar-refractivity contribution < 1.29 is 9.53 Å². The first-order chi connectivity index (χ1) is 8.27. The van der Waals surface area contributed by atoms with Crippen LogP contribution < -0.4 is 5.32 Å². The molecule has 1 N–H and O–H groups in total. The van der Waals surface area contributed by atoms with E-state index in [9.17, 15) is 4.79 Å². The van der Waals surface area contributed by atoms with Gasteiger partial charge in [-0.1, -0.05) is 0 Å². The van der Waals surface area contributed by atoms with E-state index in [0.29, 0.717) is 19.8 Å². The molecule has 1 aromatic rings. The summed E-state index contributed by atoms with van der Waals surface area (Å²) in [5.74, 6) is -0.157. The quantitative estimate of drug-likeness (QED) is 0.810. The van der Waals surface area contributed by atoms with E-state index in [1.54, 1.807) is 6.20 Å². The number of alkyl halides is 1. The lowest BCUT2D eigenvalue weighted by Gasteiger charge is -2.37. The lowest BCUT2D eigenvalue weighted by atomic mass is 9.90. The first-order valence-corrected chi connectivity index (χ1v) is 6.21. The zero-order chi connectivity index (χ0) is 12.1. The fourth-order valence-electron chi connectivity index (χ4n) is 2.10. The van der Waals surface area contributed by atoms with E-state index in [2.05, 4.69) is 10.4 Å². The number of halogens is 1. The molecule has 0 bridgehead atoms. The average molecular weight is 258 g/mol. The second kappa shape index (κ2) is 5.51. The molecule has 0 spiro atoms. The van der Waals surface area contributed by atoms with Crippen LogP contribution in [0.1, 0.15) is 12.8 Å². The van der Waals surface area contributed by atoms with Gasteiger partial charge in [0.05, 0.1) is 5.54 Å². The minimum atomic E-state index is -0.177. The minimum absolute atomic E-state index is 0.00825. The molecule has 1 aliphatic heterocycles. The van der Waals surface area contributed by atoms with Crippen molar-refractivity contribution >= 4 is 17.5 Å². The van der Waals surface area contributed by atoms with Gasteiger partial charge in [-0.15, -0.1) is 11.6 Å². The van der Waals surface area contributed by atoms with E-state index in [-0.39, 0.29) is 17.3 Å². The third-order valence-corrected chi connectivity index (χ3v) is 3.39. The van der Waals surface area contributed by atoms with Crippen molar-refractivity contribution in [2.75, 3.05) is 25.6 Å². The number of amides is 1. The monoisotopic (exact) mass is 257 g/mol. The van der Waals surface area contributed by atoms with E-state index in [4.69, 9.17) is 16.3 Å². The van der Waals surface area contributed by atoms with Crippen molar-refractivity contribution in [2.45, 2.75) is 18.4 Å². The van der Waals surface area contributed by atoms with Crippen molar-refractivity contribution in [3.63, 3.8) is 0 Å². The number of hydrogen-bond acceptors (Lipinski definition) is 3. The summed E-state index contributed by atoms with van der Waals surface area (Å²) in [4.78, 5) is 11.3. The van der Waals surface area contributed by atoms with Crippen LogP contribution in [0.3, 0.4) is 0 Å². The highest BCUT2D eigenvalue weighted by Gasteiger charge is 2.35. The fourth-order valence-corrected chi connectivity index (χ4v) is 2.19. The van der Waals surface area contributed by atoms with E-state index >= 15 is 0 Å². The van der Waals surface area contributed by atoms with Crippen LogP contribution in [-0.4, -0.2) is 41.3 Å². The lowest BCUT2D eigenvalue weighted by molar-refractivity contribution is -0.119. The number of rotatable bonds is 4. The van der Waals surface area contributed by atoms with Gasteiger partial charge in [0.1, 0.15) is 5.88 Å². The first-order valence-electron chi connectivity index (χ1n) is 5.67. The summed E-state index contributed by atoms with van der Waals surface area (Å²) < 4.78 is 7.30. The van der Waals surface area contributed by atoms with Crippen molar-refractivity contribution in [3.8, 4) is 0 Å². The minimum Gasteiger partial charge on any atom is -0.381 e. The highest BCUT2D eigenvalue weighted by Crippen LogP contribution is 2.27. The summed E-state index contributed by atoms with van der Waals surface area (Å²) in [5.41, 5.74) is -0.177. The van der Waals surface area contributed by atoms with Crippen LogP contribution in [0.2, 0.25) is 0 Å². The Bertz CT molecular complexity index is 361. The predicted molar refractivity (Wildman–Crippen MR) is 64.0 cm³/mol. The van der Waals surface area contributed by atoms with E-state index in [1.165, 1.54) is 0 Å². The van der Waals surface area contributed by atoms with Gasteiger partial charge in [0.25, 0.3) is 0 Å². The smallest absolute Gasteiger partial charge is 0.235 e. The number of nitrogens with zero attached hydrogens (tertiary/aromatic N) is 2. The van der Waals surface area contributed by atoms with Gasteiger partial charge in [-0.2, -0.15) is 5.10 Å². The Kier molecular flexibility index (Phi) is 4.02. The van der Waals surface area contributed by atoms with Crippen molar-refractivity contribution in [3.05, 3.63) is 18.5 Å².